The fraction of sp³-hybridized carbons (Fsp3) is 0.619. The normalized spacial score (nSPS) is 20.0. The third-order valence-electron chi connectivity index (χ3n) is 5.51. The Labute approximate surface area is 166 Å². The van der Waals surface area contributed by atoms with Gasteiger partial charge in [0.2, 0.25) is 5.91 Å². The number of nitrogens with zero attached hydrogens (tertiary/aromatic N) is 2. The van der Waals surface area contributed by atoms with Gasteiger partial charge in [-0.1, -0.05) is 44.2 Å². The Bertz CT molecular complexity index is 644. The summed E-state index contributed by atoms with van der Waals surface area (Å²) in [6.45, 7) is 6.93. The molecule has 27 heavy (non-hydrogen) atoms. The Kier molecular flexibility index (Phi) is 6.68. The number of benzene rings is 1. The van der Waals surface area contributed by atoms with Gasteiger partial charge in [-0.3, -0.25) is 4.79 Å². The topological polar surface area (TPSA) is 49.9 Å². The molecule has 0 aliphatic carbocycles. The standard InChI is InChI=1S/C21H30N2O3S/c1-3-13-27-15-19(24)22-11-9-21(10-12-22)16-23(20(25)26-21)14-17(2)18-7-5-4-6-8-18/h4-8,17H,3,9-16H2,1-2H3/t17-/m1/s1. The van der Waals surface area contributed by atoms with E-state index in [1.54, 1.807) is 11.8 Å². The van der Waals surface area contributed by atoms with E-state index in [0.717, 1.165) is 25.0 Å². The Morgan fingerprint density at radius 2 is 1.96 bits per heavy atom. The van der Waals surface area contributed by atoms with Crippen molar-refractivity contribution in [1.82, 2.24) is 9.80 Å². The van der Waals surface area contributed by atoms with Crippen molar-refractivity contribution in [2.75, 3.05) is 37.7 Å². The molecule has 2 amide bonds. The molecule has 1 spiro atoms. The van der Waals surface area contributed by atoms with Gasteiger partial charge in [-0.25, -0.2) is 4.79 Å². The molecule has 3 rings (SSSR count). The maximum absolute atomic E-state index is 12.4. The average Bonchev–Trinajstić information content (AvgIpc) is 2.97. The Hall–Kier alpha value is -1.69. The van der Waals surface area contributed by atoms with Crippen LogP contribution in [0.1, 0.15) is 44.6 Å². The van der Waals surface area contributed by atoms with Gasteiger partial charge in [-0.2, -0.15) is 11.8 Å². The Balaban J connectivity index is 1.51. The van der Waals surface area contributed by atoms with Crippen molar-refractivity contribution in [2.45, 2.75) is 44.6 Å². The number of hydrogen-bond donors (Lipinski definition) is 0. The fourth-order valence-corrected chi connectivity index (χ4v) is 4.66. The molecule has 0 N–H and O–H groups in total. The first-order chi connectivity index (χ1) is 13.0. The van der Waals surface area contributed by atoms with E-state index in [1.165, 1.54) is 5.56 Å². The average molecular weight is 391 g/mol. The van der Waals surface area contributed by atoms with Gasteiger partial charge in [0.05, 0.1) is 12.3 Å². The van der Waals surface area contributed by atoms with Gasteiger partial charge in [0.1, 0.15) is 5.60 Å². The molecule has 0 aromatic heterocycles. The van der Waals surface area contributed by atoms with E-state index < -0.39 is 5.60 Å². The van der Waals surface area contributed by atoms with E-state index >= 15 is 0 Å². The number of hydrogen-bond acceptors (Lipinski definition) is 4. The molecule has 0 saturated carbocycles. The highest BCUT2D eigenvalue weighted by molar-refractivity contribution is 7.99. The van der Waals surface area contributed by atoms with Crippen LogP contribution in [0, 0.1) is 0 Å². The molecule has 2 aliphatic rings. The molecule has 2 heterocycles. The summed E-state index contributed by atoms with van der Waals surface area (Å²) < 4.78 is 5.81. The van der Waals surface area contributed by atoms with Crippen molar-refractivity contribution in [1.29, 1.82) is 0 Å². The van der Waals surface area contributed by atoms with Crippen LogP contribution in [-0.4, -0.2) is 65.1 Å². The van der Waals surface area contributed by atoms with E-state index in [-0.39, 0.29) is 17.9 Å². The number of thioether (sulfide) groups is 1. The molecular weight excluding hydrogens is 360 g/mol. The summed E-state index contributed by atoms with van der Waals surface area (Å²) >= 11 is 1.70. The van der Waals surface area contributed by atoms with E-state index in [2.05, 4.69) is 26.0 Å². The van der Waals surface area contributed by atoms with Crippen LogP contribution in [0.4, 0.5) is 4.79 Å². The van der Waals surface area contributed by atoms with Crippen LogP contribution in [0.5, 0.6) is 0 Å². The van der Waals surface area contributed by atoms with Crippen molar-refractivity contribution >= 4 is 23.8 Å². The zero-order valence-corrected chi connectivity index (χ0v) is 17.2. The molecule has 6 heteroatoms. The second-order valence-corrected chi connectivity index (χ2v) is 8.78. The highest BCUT2D eigenvalue weighted by atomic mass is 32.2. The van der Waals surface area contributed by atoms with Crippen molar-refractivity contribution in [2.24, 2.45) is 0 Å². The van der Waals surface area contributed by atoms with Gasteiger partial charge in [0.25, 0.3) is 0 Å². The van der Waals surface area contributed by atoms with Crippen molar-refractivity contribution in [3.8, 4) is 0 Å². The molecule has 1 atom stereocenters. The quantitative estimate of drug-likeness (QED) is 0.666. The molecule has 0 bridgehead atoms. The van der Waals surface area contributed by atoms with Crippen molar-refractivity contribution in [3.63, 3.8) is 0 Å². The smallest absolute Gasteiger partial charge is 0.410 e. The van der Waals surface area contributed by atoms with E-state index in [0.29, 0.717) is 31.9 Å². The number of carbonyl (C=O) groups excluding carboxylic acids is 2. The fourth-order valence-electron chi connectivity index (χ4n) is 3.87. The molecule has 5 nitrogen and oxygen atoms in total. The Morgan fingerprint density at radius 3 is 2.63 bits per heavy atom. The third-order valence-corrected chi connectivity index (χ3v) is 6.65. The molecule has 148 valence electrons. The SMILES string of the molecule is CCCSCC(=O)N1CCC2(CC1)CN(C[C@@H](C)c1ccccc1)C(=O)O2. The van der Waals surface area contributed by atoms with Gasteiger partial charge >= 0.3 is 6.09 Å². The predicted molar refractivity (Wildman–Crippen MR) is 109 cm³/mol. The summed E-state index contributed by atoms with van der Waals surface area (Å²) in [4.78, 5) is 28.5. The molecule has 1 aromatic carbocycles. The maximum Gasteiger partial charge on any atom is 0.410 e. The monoisotopic (exact) mass is 390 g/mol. The first-order valence-electron chi connectivity index (χ1n) is 9.91. The number of piperidine rings is 1. The lowest BCUT2D eigenvalue weighted by molar-refractivity contribution is -0.131. The largest absolute Gasteiger partial charge is 0.441 e. The number of ether oxygens (including phenoxy) is 1. The minimum Gasteiger partial charge on any atom is -0.441 e. The second-order valence-electron chi connectivity index (χ2n) is 7.68. The van der Waals surface area contributed by atoms with Gasteiger partial charge in [-0.15, -0.1) is 0 Å². The van der Waals surface area contributed by atoms with Gasteiger partial charge < -0.3 is 14.5 Å². The highest BCUT2D eigenvalue weighted by Crippen LogP contribution is 2.34. The summed E-state index contributed by atoms with van der Waals surface area (Å²) in [6, 6.07) is 10.3. The minimum atomic E-state index is -0.416. The highest BCUT2D eigenvalue weighted by Gasteiger charge is 2.47. The maximum atomic E-state index is 12.4. The molecule has 2 aliphatic heterocycles. The molecular formula is C21H30N2O3S. The van der Waals surface area contributed by atoms with Gasteiger partial charge in [0.15, 0.2) is 0 Å². The molecule has 1 aromatic rings. The molecule has 0 unspecified atom stereocenters. The van der Waals surface area contributed by atoms with Crippen LogP contribution < -0.4 is 0 Å². The van der Waals surface area contributed by atoms with E-state index in [1.807, 2.05) is 28.0 Å². The summed E-state index contributed by atoms with van der Waals surface area (Å²) in [5.74, 6) is 2.06. The van der Waals surface area contributed by atoms with Crippen LogP contribution in [0.25, 0.3) is 0 Å². The van der Waals surface area contributed by atoms with Gasteiger partial charge in [-0.05, 0) is 23.7 Å². The predicted octanol–water partition coefficient (Wildman–Crippen LogP) is 3.75. The first kappa shape index (κ1) is 20.1. The minimum absolute atomic E-state index is 0.210. The zero-order valence-electron chi connectivity index (χ0n) is 16.4. The lowest BCUT2D eigenvalue weighted by Crippen LogP contribution is -2.49. The summed E-state index contributed by atoms with van der Waals surface area (Å²) in [5.41, 5.74) is 0.817. The van der Waals surface area contributed by atoms with E-state index in [9.17, 15) is 9.59 Å². The van der Waals surface area contributed by atoms with Crippen molar-refractivity contribution in [3.05, 3.63) is 35.9 Å². The number of rotatable bonds is 7. The van der Waals surface area contributed by atoms with Crippen LogP contribution >= 0.6 is 11.8 Å². The number of amides is 2. The summed E-state index contributed by atoms with van der Waals surface area (Å²) in [6.07, 6.45) is 2.35. The summed E-state index contributed by atoms with van der Waals surface area (Å²) in [5, 5.41) is 0. The van der Waals surface area contributed by atoms with Crippen LogP contribution in [0.2, 0.25) is 0 Å². The first-order valence-corrected chi connectivity index (χ1v) is 11.1. The van der Waals surface area contributed by atoms with Gasteiger partial charge in [0, 0.05) is 32.5 Å². The Morgan fingerprint density at radius 1 is 1.26 bits per heavy atom. The van der Waals surface area contributed by atoms with E-state index in [4.69, 9.17) is 4.74 Å². The van der Waals surface area contributed by atoms with Crippen LogP contribution in [0.15, 0.2) is 30.3 Å². The molecule has 2 fully saturated rings. The number of carbonyl (C=O) groups is 2. The second kappa shape index (κ2) is 9.00. The molecule has 0 radical (unpaired) electrons. The lowest BCUT2D eigenvalue weighted by Gasteiger charge is -2.37. The number of likely N-dealkylation sites (tertiary alicyclic amines) is 1. The van der Waals surface area contributed by atoms with Crippen molar-refractivity contribution < 1.29 is 14.3 Å². The van der Waals surface area contributed by atoms with Crippen LogP contribution in [0.3, 0.4) is 0 Å². The van der Waals surface area contributed by atoms with Crippen LogP contribution in [-0.2, 0) is 9.53 Å². The zero-order chi connectivity index (χ0) is 19.3. The third kappa shape index (κ3) is 4.98. The molecule has 2 saturated heterocycles. The lowest BCUT2D eigenvalue weighted by atomic mass is 9.91. The summed E-state index contributed by atoms with van der Waals surface area (Å²) in [7, 11) is 0.